The average molecular weight is 239 g/mol. The van der Waals surface area contributed by atoms with Crippen molar-refractivity contribution < 1.29 is 23.9 Å². The maximum Gasteiger partial charge on any atom is 0.523 e. The second-order valence-corrected chi connectivity index (χ2v) is 3.55. The Balaban J connectivity index is 2.21. The summed E-state index contributed by atoms with van der Waals surface area (Å²) in [4.78, 5) is 20.1. The first-order valence-electron chi connectivity index (χ1n) is 4.76. The molecule has 0 amide bonds. The minimum absolute atomic E-state index is 0.0787. The zero-order valence-electron chi connectivity index (χ0n) is 8.91. The van der Waals surface area contributed by atoms with Crippen LogP contribution < -0.4 is 9.47 Å². The van der Waals surface area contributed by atoms with Crippen LogP contribution in [0.5, 0.6) is 11.5 Å². The van der Waals surface area contributed by atoms with E-state index in [2.05, 4.69) is 4.74 Å². The van der Waals surface area contributed by atoms with E-state index >= 15 is 0 Å². The van der Waals surface area contributed by atoms with Crippen LogP contribution in [0.15, 0.2) is 18.2 Å². The predicted molar refractivity (Wildman–Crippen MR) is 54.0 cm³/mol. The molecular weight excluding hydrogens is 230 g/mol. The summed E-state index contributed by atoms with van der Waals surface area (Å²) in [5.41, 5.74) is 0.659. The van der Waals surface area contributed by atoms with Crippen LogP contribution in [0.2, 0.25) is 0 Å². The van der Waals surface area contributed by atoms with E-state index in [1.54, 1.807) is 6.07 Å². The van der Waals surface area contributed by atoms with Crippen LogP contribution in [0.4, 0.5) is 0 Å². The first-order valence-corrected chi connectivity index (χ1v) is 4.76. The Labute approximate surface area is 96.0 Å². The van der Waals surface area contributed by atoms with Crippen molar-refractivity contribution in [3.05, 3.63) is 33.9 Å². The molecule has 0 N–H and O–H groups in total. The highest BCUT2D eigenvalue weighted by Gasteiger charge is 2.49. The molecule has 1 aromatic carbocycles. The smallest absolute Gasteiger partial charge is 0.463 e. The van der Waals surface area contributed by atoms with Crippen molar-refractivity contribution in [1.29, 1.82) is 0 Å². The zero-order valence-corrected chi connectivity index (χ0v) is 8.91. The molecule has 0 fully saturated rings. The number of nitro groups is 1. The third-order valence-electron chi connectivity index (χ3n) is 2.26. The number of fused-ring (bicyclic) bond motifs is 1. The molecule has 7 heteroatoms. The lowest BCUT2D eigenvalue weighted by molar-refractivity contribution is -0.652. The van der Waals surface area contributed by atoms with E-state index < -0.39 is 10.8 Å². The maximum atomic E-state index is 10.7. The van der Waals surface area contributed by atoms with Crippen LogP contribution in [-0.4, -0.2) is 17.3 Å². The largest absolute Gasteiger partial charge is 0.523 e. The lowest BCUT2D eigenvalue weighted by atomic mass is 10.2. The van der Waals surface area contributed by atoms with Crippen LogP contribution in [-0.2, 0) is 16.1 Å². The summed E-state index contributed by atoms with van der Waals surface area (Å²) in [5.74, 6) is -1.35. The SMILES string of the molecule is CC1([N+](=O)[O-])Oc2ccc(COC=O)cc2O1. The average Bonchev–Trinajstić information content (AvgIpc) is 2.63. The molecule has 1 aromatic rings. The Hall–Kier alpha value is -2.31. The van der Waals surface area contributed by atoms with Gasteiger partial charge in [-0.1, -0.05) is 6.07 Å². The molecule has 1 unspecified atom stereocenters. The molecule has 0 radical (unpaired) electrons. The van der Waals surface area contributed by atoms with Gasteiger partial charge in [-0.3, -0.25) is 14.9 Å². The van der Waals surface area contributed by atoms with Crippen LogP contribution in [0.3, 0.4) is 0 Å². The molecule has 1 aliphatic rings. The van der Waals surface area contributed by atoms with Gasteiger partial charge in [-0.05, 0) is 17.7 Å². The molecule has 90 valence electrons. The van der Waals surface area contributed by atoms with Gasteiger partial charge in [0.2, 0.25) is 0 Å². The minimum atomic E-state index is -1.90. The molecule has 0 aromatic heterocycles. The first-order chi connectivity index (χ1) is 8.05. The van der Waals surface area contributed by atoms with Gasteiger partial charge in [0.1, 0.15) is 11.5 Å². The highest BCUT2D eigenvalue weighted by Crippen LogP contribution is 2.39. The Morgan fingerprint density at radius 1 is 1.47 bits per heavy atom. The summed E-state index contributed by atoms with van der Waals surface area (Å²) in [5, 5.41) is 10.7. The van der Waals surface area contributed by atoms with Crippen molar-refractivity contribution in [1.82, 2.24) is 0 Å². The normalized spacial score (nSPS) is 21.0. The van der Waals surface area contributed by atoms with Gasteiger partial charge in [0.15, 0.2) is 11.5 Å². The Morgan fingerprint density at radius 2 is 2.18 bits per heavy atom. The number of rotatable bonds is 4. The zero-order chi connectivity index (χ0) is 12.5. The third kappa shape index (κ3) is 1.99. The fourth-order valence-electron chi connectivity index (χ4n) is 1.44. The van der Waals surface area contributed by atoms with E-state index in [0.29, 0.717) is 17.8 Å². The number of ether oxygens (including phenoxy) is 3. The maximum absolute atomic E-state index is 10.7. The number of carbonyl (C=O) groups excluding carboxylic acids is 1. The number of hydrogen-bond acceptors (Lipinski definition) is 6. The molecule has 1 aliphatic heterocycles. The molecule has 7 nitrogen and oxygen atoms in total. The molecule has 1 atom stereocenters. The summed E-state index contributed by atoms with van der Waals surface area (Å²) in [6.45, 7) is 1.62. The number of hydrogen-bond donors (Lipinski definition) is 0. The quantitative estimate of drug-likeness (QED) is 0.443. The van der Waals surface area contributed by atoms with Gasteiger partial charge < -0.3 is 14.2 Å². The van der Waals surface area contributed by atoms with Crippen LogP contribution in [0.1, 0.15) is 12.5 Å². The molecule has 0 aliphatic carbocycles. The molecule has 0 saturated heterocycles. The Bertz CT molecular complexity index is 474. The van der Waals surface area contributed by atoms with Crippen molar-refractivity contribution in [2.45, 2.75) is 19.4 Å². The van der Waals surface area contributed by atoms with Crippen LogP contribution >= 0.6 is 0 Å². The Morgan fingerprint density at radius 3 is 2.82 bits per heavy atom. The standard InChI is InChI=1S/C10H9NO6/c1-10(11(13)14)16-8-3-2-7(5-15-6-12)4-9(8)17-10/h2-4,6H,5H2,1H3. The second kappa shape index (κ2) is 3.93. The van der Waals surface area contributed by atoms with E-state index in [1.807, 2.05) is 0 Å². The van der Waals surface area contributed by atoms with Crippen LogP contribution in [0.25, 0.3) is 0 Å². The lowest BCUT2D eigenvalue weighted by Crippen LogP contribution is -2.43. The summed E-state index contributed by atoms with van der Waals surface area (Å²) in [6.07, 6.45) is 0. The number of benzene rings is 1. The monoisotopic (exact) mass is 239 g/mol. The predicted octanol–water partition coefficient (Wildman–Crippen LogP) is 1.08. The van der Waals surface area contributed by atoms with E-state index in [-0.39, 0.29) is 12.4 Å². The van der Waals surface area contributed by atoms with Gasteiger partial charge in [0.05, 0.1) is 6.92 Å². The summed E-state index contributed by atoms with van der Waals surface area (Å²) in [7, 11) is 0. The summed E-state index contributed by atoms with van der Waals surface area (Å²) in [6, 6.07) is 4.71. The molecule has 0 bridgehead atoms. The molecule has 2 rings (SSSR count). The minimum Gasteiger partial charge on any atom is -0.463 e. The highest BCUT2D eigenvalue weighted by molar-refractivity contribution is 5.46. The van der Waals surface area contributed by atoms with E-state index in [9.17, 15) is 14.9 Å². The summed E-state index contributed by atoms with van der Waals surface area (Å²) >= 11 is 0. The van der Waals surface area contributed by atoms with Crippen molar-refractivity contribution in [2.24, 2.45) is 0 Å². The highest BCUT2D eigenvalue weighted by atomic mass is 16.8. The van der Waals surface area contributed by atoms with Crippen molar-refractivity contribution >= 4 is 6.47 Å². The lowest BCUT2D eigenvalue weighted by Gasteiger charge is -2.11. The van der Waals surface area contributed by atoms with Gasteiger partial charge in [-0.15, -0.1) is 0 Å². The van der Waals surface area contributed by atoms with Crippen LogP contribution in [0, 0.1) is 10.1 Å². The fourth-order valence-corrected chi connectivity index (χ4v) is 1.44. The molecule has 0 saturated carbocycles. The molecule has 0 spiro atoms. The van der Waals surface area contributed by atoms with Crippen molar-refractivity contribution in [3.8, 4) is 11.5 Å². The third-order valence-corrected chi connectivity index (χ3v) is 2.26. The van der Waals surface area contributed by atoms with Gasteiger partial charge in [0.25, 0.3) is 6.47 Å². The van der Waals surface area contributed by atoms with Gasteiger partial charge >= 0.3 is 5.91 Å². The van der Waals surface area contributed by atoms with E-state index in [0.717, 1.165) is 0 Å². The van der Waals surface area contributed by atoms with Gasteiger partial charge in [-0.25, -0.2) is 0 Å². The second-order valence-electron chi connectivity index (χ2n) is 3.55. The Kier molecular flexibility index (Phi) is 2.58. The molecular formula is C10H9NO6. The topological polar surface area (TPSA) is 87.9 Å². The van der Waals surface area contributed by atoms with E-state index in [1.165, 1.54) is 19.1 Å². The molecule has 1 heterocycles. The fraction of sp³-hybridized carbons (Fsp3) is 0.300. The molecule has 17 heavy (non-hydrogen) atoms. The summed E-state index contributed by atoms with van der Waals surface area (Å²) < 4.78 is 14.8. The first kappa shape index (κ1) is 11.2. The van der Waals surface area contributed by atoms with E-state index in [4.69, 9.17) is 9.47 Å². The van der Waals surface area contributed by atoms with Gasteiger partial charge in [0, 0.05) is 0 Å². The van der Waals surface area contributed by atoms with Gasteiger partial charge in [-0.2, -0.15) is 0 Å². The van der Waals surface area contributed by atoms with Crippen molar-refractivity contribution in [3.63, 3.8) is 0 Å². The number of nitrogens with zero attached hydrogens (tertiary/aromatic N) is 1. The number of carbonyl (C=O) groups is 1. The van der Waals surface area contributed by atoms with Crippen molar-refractivity contribution in [2.75, 3.05) is 0 Å².